The standard InChI is InChI=1S/C18H20N4OS/c1-3-24-18-20-17-19-13-9-6-10-14(23)15(13)16(22(17)21-18)12-8-5-4-7-11(12)2/h4-5,7-8,16H,3,6,9-10H2,1-2H3,(H,19,20,21)/t16-/m0/s1. The van der Waals surface area contributed by atoms with Crippen LogP contribution in [0.2, 0.25) is 0 Å². The lowest BCUT2D eigenvalue weighted by Crippen LogP contribution is -2.31. The van der Waals surface area contributed by atoms with Gasteiger partial charge in [-0.2, -0.15) is 4.98 Å². The first-order valence-electron chi connectivity index (χ1n) is 8.37. The second kappa shape index (κ2) is 6.09. The van der Waals surface area contributed by atoms with Gasteiger partial charge in [0.15, 0.2) is 5.78 Å². The van der Waals surface area contributed by atoms with Gasteiger partial charge in [0.05, 0.1) is 0 Å². The summed E-state index contributed by atoms with van der Waals surface area (Å²) in [5.74, 6) is 1.89. The third-order valence-corrected chi connectivity index (χ3v) is 5.32. The normalized spacial score (nSPS) is 19.8. The molecule has 0 fully saturated rings. The van der Waals surface area contributed by atoms with Gasteiger partial charge in [0.1, 0.15) is 6.04 Å². The summed E-state index contributed by atoms with van der Waals surface area (Å²) in [6, 6.07) is 8.05. The molecule has 1 aromatic carbocycles. The van der Waals surface area contributed by atoms with E-state index in [1.54, 1.807) is 11.8 Å². The van der Waals surface area contributed by atoms with E-state index in [1.165, 1.54) is 5.56 Å². The molecule has 6 heteroatoms. The van der Waals surface area contributed by atoms with Gasteiger partial charge in [-0.1, -0.05) is 43.0 Å². The fourth-order valence-corrected chi connectivity index (χ4v) is 4.06. The third kappa shape index (κ3) is 2.45. The van der Waals surface area contributed by atoms with Crippen molar-refractivity contribution in [3.63, 3.8) is 0 Å². The second-order valence-electron chi connectivity index (χ2n) is 6.15. The molecule has 0 saturated heterocycles. The molecule has 1 atom stereocenters. The fraction of sp³-hybridized carbons (Fsp3) is 0.389. The van der Waals surface area contributed by atoms with E-state index in [-0.39, 0.29) is 11.8 Å². The van der Waals surface area contributed by atoms with Crippen LogP contribution in [-0.2, 0) is 4.79 Å². The van der Waals surface area contributed by atoms with E-state index >= 15 is 0 Å². The Balaban J connectivity index is 1.91. The molecule has 4 rings (SSSR count). The Bertz CT molecular complexity index is 839. The van der Waals surface area contributed by atoms with Crippen LogP contribution in [0, 0.1) is 6.92 Å². The molecule has 2 aliphatic rings. The molecule has 1 aliphatic heterocycles. The van der Waals surface area contributed by atoms with Crippen LogP contribution in [0.3, 0.4) is 0 Å². The van der Waals surface area contributed by atoms with Crippen LogP contribution in [0.15, 0.2) is 40.7 Å². The van der Waals surface area contributed by atoms with Crippen LogP contribution >= 0.6 is 11.8 Å². The van der Waals surface area contributed by atoms with E-state index in [0.29, 0.717) is 6.42 Å². The molecule has 1 aliphatic carbocycles. The highest BCUT2D eigenvalue weighted by molar-refractivity contribution is 7.99. The van der Waals surface area contributed by atoms with Gasteiger partial charge in [-0.25, -0.2) is 4.68 Å². The van der Waals surface area contributed by atoms with Crippen molar-refractivity contribution in [2.75, 3.05) is 11.1 Å². The number of hydrogen-bond acceptors (Lipinski definition) is 5. The first-order chi connectivity index (χ1) is 11.7. The summed E-state index contributed by atoms with van der Waals surface area (Å²) in [7, 11) is 0. The number of hydrogen-bond donors (Lipinski definition) is 1. The highest BCUT2D eigenvalue weighted by Gasteiger charge is 2.37. The Morgan fingerprint density at radius 3 is 2.96 bits per heavy atom. The topological polar surface area (TPSA) is 59.8 Å². The molecule has 0 saturated carbocycles. The van der Waals surface area contributed by atoms with Gasteiger partial charge in [0, 0.05) is 17.7 Å². The van der Waals surface area contributed by atoms with Gasteiger partial charge in [-0.3, -0.25) is 4.79 Å². The van der Waals surface area contributed by atoms with Crippen molar-refractivity contribution in [1.82, 2.24) is 14.8 Å². The summed E-state index contributed by atoms with van der Waals surface area (Å²) < 4.78 is 1.89. The molecule has 1 N–H and O–H groups in total. The molecule has 124 valence electrons. The van der Waals surface area contributed by atoms with Crippen LogP contribution in [0.5, 0.6) is 0 Å². The van der Waals surface area contributed by atoms with E-state index in [0.717, 1.165) is 46.5 Å². The summed E-state index contributed by atoms with van der Waals surface area (Å²) in [5, 5.41) is 8.80. The number of nitrogens with zero attached hydrogens (tertiary/aromatic N) is 3. The first-order valence-corrected chi connectivity index (χ1v) is 9.35. The molecule has 24 heavy (non-hydrogen) atoms. The Kier molecular flexibility index (Phi) is 3.92. The predicted molar refractivity (Wildman–Crippen MR) is 95.2 cm³/mol. The van der Waals surface area contributed by atoms with Crippen molar-refractivity contribution in [2.45, 2.75) is 44.3 Å². The molecule has 0 bridgehead atoms. The molecule has 0 unspecified atom stereocenters. The fourth-order valence-electron chi connectivity index (χ4n) is 3.51. The number of thioether (sulfide) groups is 1. The van der Waals surface area contributed by atoms with Gasteiger partial charge in [0.2, 0.25) is 11.1 Å². The molecule has 2 aromatic rings. The largest absolute Gasteiger partial charge is 0.328 e. The molecule has 0 amide bonds. The number of anilines is 1. The van der Waals surface area contributed by atoms with Crippen molar-refractivity contribution in [2.24, 2.45) is 0 Å². The lowest BCUT2D eigenvalue weighted by molar-refractivity contribution is -0.116. The van der Waals surface area contributed by atoms with Gasteiger partial charge in [-0.15, -0.1) is 5.10 Å². The predicted octanol–water partition coefficient (Wildman–Crippen LogP) is 3.72. The van der Waals surface area contributed by atoms with Gasteiger partial charge < -0.3 is 5.32 Å². The maximum atomic E-state index is 12.7. The molecule has 5 nitrogen and oxygen atoms in total. The minimum atomic E-state index is -0.177. The lowest BCUT2D eigenvalue weighted by atomic mass is 9.84. The number of carbonyl (C=O) groups excluding carboxylic acids is 1. The quantitative estimate of drug-likeness (QED) is 0.863. The van der Waals surface area contributed by atoms with E-state index in [1.807, 2.05) is 16.8 Å². The number of ketones is 1. The highest BCUT2D eigenvalue weighted by Crippen LogP contribution is 2.41. The number of fused-ring (bicyclic) bond motifs is 1. The number of Topliss-reactive ketones (excluding diaryl/α,β-unsaturated/α-hetero) is 1. The van der Waals surface area contributed by atoms with E-state index in [4.69, 9.17) is 0 Å². The minimum Gasteiger partial charge on any atom is -0.328 e. The second-order valence-corrected chi connectivity index (χ2v) is 7.38. The summed E-state index contributed by atoms with van der Waals surface area (Å²) in [6.07, 6.45) is 2.41. The Morgan fingerprint density at radius 1 is 1.33 bits per heavy atom. The molecule has 2 heterocycles. The molecule has 1 aromatic heterocycles. The summed E-state index contributed by atoms with van der Waals surface area (Å²) in [4.78, 5) is 17.3. The van der Waals surface area contributed by atoms with Crippen molar-refractivity contribution in [3.05, 3.63) is 46.7 Å². The maximum Gasteiger partial charge on any atom is 0.227 e. The number of rotatable bonds is 3. The van der Waals surface area contributed by atoms with Crippen molar-refractivity contribution in [3.8, 4) is 0 Å². The van der Waals surface area contributed by atoms with Gasteiger partial charge >= 0.3 is 0 Å². The minimum absolute atomic E-state index is 0.177. The lowest BCUT2D eigenvalue weighted by Gasteiger charge is -2.32. The van der Waals surface area contributed by atoms with Crippen LogP contribution in [0.4, 0.5) is 5.95 Å². The van der Waals surface area contributed by atoms with Crippen LogP contribution in [-0.4, -0.2) is 26.3 Å². The van der Waals surface area contributed by atoms with E-state index < -0.39 is 0 Å². The summed E-state index contributed by atoms with van der Waals surface area (Å²) >= 11 is 1.62. The number of allylic oxidation sites excluding steroid dienone is 2. The highest BCUT2D eigenvalue weighted by atomic mass is 32.2. The monoisotopic (exact) mass is 340 g/mol. The van der Waals surface area contributed by atoms with E-state index in [2.05, 4.69) is 41.4 Å². The zero-order valence-corrected chi connectivity index (χ0v) is 14.7. The third-order valence-electron chi connectivity index (χ3n) is 4.61. The van der Waals surface area contributed by atoms with Crippen LogP contribution in [0.25, 0.3) is 0 Å². The summed E-state index contributed by atoms with van der Waals surface area (Å²) in [5.41, 5.74) is 4.18. The Hall–Kier alpha value is -2.08. The number of nitrogens with one attached hydrogen (secondary N) is 1. The Morgan fingerprint density at radius 2 is 2.17 bits per heavy atom. The average Bonchev–Trinajstić information content (AvgIpc) is 2.96. The number of carbonyl (C=O) groups is 1. The number of aryl methyl sites for hydroxylation is 1. The molecule has 0 radical (unpaired) electrons. The summed E-state index contributed by atoms with van der Waals surface area (Å²) in [6.45, 7) is 4.17. The van der Waals surface area contributed by atoms with Gasteiger partial charge in [0.25, 0.3) is 0 Å². The molecular formula is C18H20N4OS. The maximum absolute atomic E-state index is 12.7. The molecular weight excluding hydrogens is 320 g/mol. The first kappa shape index (κ1) is 15.4. The van der Waals surface area contributed by atoms with E-state index in [9.17, 15) is 4.79 Å². The smallest absolute Gasteiger partial charge is 0.227 e. The zero-order chi connectivity index (χ0) is 16.7. The van der Waals surface area contributed by atoms with Crippen LogP contribution < -0.4 is 5.32 Å². The average molecular weight is 340 g/mol. The van der Waals surface area contributed by atoms with Gasteiger partial charge in [-0.05, 0) is 36.6 Å². The zero-order valence-electron chi connectivity index (χ0n) is 13.9. The number of aromatic nitrogens is 3. The van der Waals surface area contributed by atoms with Crippen molar-refractivity contribution >= 4 is 23.5 Å². The molecule has 0 spiro atoms. The van der Waals surface area contributed by atoms with Crippen molar-refractivity contribution in [1.29, 1.82) is 0 Å². The Labute approximate surface area is 145 Å². The van der Waals surface area contributed by atoms with Crippen molar-refractivity contribution < 1.29 is 4.79 Å². The SMILES string of the molecule is CCSc1nc2n(n1)[C@@H](c1ccccc1C)C1=C(CCCC1=O)N2. The number of benzene rings is 1. The van der Waals surface area contributed by atoms with Crippen LogP contribution in [0.1, 0.15) is 43.4 Å².